The van der Waals surface area contributed by atoms with Crippen molar-refractivity contribution < 1.29 is 9.59 Å². The summed E-state index contributed by atoms with van der Waals surface area (Å²) in [7, 11) is 0. The van der Waals surface area contributed by atoms with Gasteiger partial charge in [0.1, 0.15) is 0 Å². The van der Waals surface area contributed by atoms with E-state index in [-0.39, 0.29) is 23.7 Å². The Balaban J connectivity index is 2.25. The zero-order valence-corrected chi connectivity index (χ0v) is 19.8. The van der Waals surface area contributed by atoms with Crippen LogP contribution in [0.5, 0.6) is 0 Å². The third-order valence-corrected chi connectivity index (χ3v) is 6.86. The Labute approximate surface area is 195 Å². The van der Waals surface area contributed by atoms with Crippen molar-refractivity contribution in [3.8, 4) is 0 Å². The molecule has 0 aliphatic carbocycles. The molecule has 2 aromatic rings. The Morgan fingerprint density at radius 3 is 2.42 bits per heavy atom. The molecule has 1 amide bonds. The first-order valence-corrected chi connectivity index (χ1v) is 11.4. The van der Waals surface area contributed by atoms with Crippen molar-refractivity contribution in [3.05, 3.63) is 82.4 Å². The van der Waals surface area contributed by atoms with Crippen LogP contribution < -0.4 is 0 Å². The van der Waals surface area contributed by atoms with Crippen LogP contribution in [0.3, 0.4) is 0 Å². The molecule has 1 fully saturated rings. The Kier molecular flexibility index (Phi) is 7.28. The lowest BCUT2D eigenvalue weighted by Gasteiger charge is -2.51. The molecule has 0 aromatic heterocycles. The number of piperidine rings is 1. The summed E-state index contributed by atoms with van der Waals surface area (Å²) >= 11 is 12.5. The van der Waals surface area contributed by atoms with Crippen LogP contribution in [-0.4, -0.2) is 22.6 Å². The summed E-state index contributed by atoms with van der Waals surface area (Å²) in [6, 6.07) is 14.6. The number of carbonyl (C=O) groups is 2. The Hall–Kier alpha value is -2.10. The first-order valence-electron chi connectivity index (χ1n) is 10.7. The molecule has 1 saturated heterocycles. The second-order valence-corrected chi connectivity index (χ2v) is 9.54. The van der Waals surface area contributed by atoms with E-state index in [2.05, 4.69) is 12.6 Å². The maximum absolute atomic E-state index is 13.9. The molecule has 0 bridgehead atoms. The van der Waals surface area contributed by atoms with Crippen molar-refractivity contribution in [3.63, 3.8) is 0 Å². The van der Waals surface area contributed by atoms with Gasteiger partial charge in [0.2, 0.25) is 5.91 Å². The molecule has 2 aromatic carbocycles. The number of hydrogen-bond acceptors (Lipinski definition) is 2. The maximum atomic E-state index is 13.9. The molecule has 4 atom stereocenters. The number of rotatable bonds is 7. The smallest absolute Gasteiger partial charge is 0.229 e. The van der Waals surface area contributed by atoms with Crippen LogP contribution in [0.4, 0.5) is 0 Å². The highest BCUT2D eigenvalue weighted by Crippen LogP contribution is 2.52. The predicted molar refractivity (Wildman–Crippen MR) is 128 cm³/mol. The zero-order chi connectivity index (χ0) is 22.8. The molecule has 1 aliphatic heterocycles. The van der Waals surface area contributed by atoms with Gasteiger partial charge in [0.05, 0.1) is 17.5 Å². The van der Waals surface area contributed by atoms with E-state index in [1.165, 1.54) is 0 Å². The first kappa shape index (κ1) is 23.6. The number of amides is 1. The average Bonchev–Trinajstić information content (AvgIpc) is 2.72. The van der Waals surface area contributed by atoms with E-state index in [1.54, 1.807) is 13.0 Å². The summed E-state index contributed by atoms with van der Waals surface area (Å²) in [6.07, 6.45) is 3.53. The van der Waals surface area contributed by atoms with Crippen molar-refractivity contribution >= 4 is 34.9 Å². The highest BCUT2D eigenvalue weighted by atomic mass is 35.5. The molecule has 0 spiro atoms. The number of nitrogens with zero attached hydrogens (tertiary/aromatic N) is 1. The number of halogens is 2. The van der Waals surface area contributed by atoms with Gasteiger partial charge in [-0.15, -0.1) is 6.58 Å². The lowest BCUT2D eigenvalue weighted by Crippen LogP contribution is -2.57. The van der Waals surface area contributed by atoms with Crippen molar-refractivity contribution in [1.29, 1.82) is 0 Å². The quantitative estimate of drug-likeness (QED) is 0.419. The summed E-state index contributed by atoms with van der Waals surface area (Å²) in [5.41, 5.74) is 1.36. The molecule has 1 aliphatic rings. The average molecular weight is 458 g/mol. The topological polar surface area (TPSA) is 37.4 Å². The molecule has 0 N–H and O–H groups in total. The van der Waals surface area contributed by atoms with Gasteiger partial charge in [-0.05, 0) is 61.6 Å². The molecule has 3 unspecified atom stereocenters. The van der Waals surface area contributed by atoms with Gasteiger partial charge in [-0.25, -0.2) is 0 Å². The summed E-state index contributed by atoms with van der Waals surface area (Å²) in [5.74, 6) is -0.0499. The van der Waals surface area contributed by atoms with Crippen LogP contribution in [0.25, 0.3) is 0 Å². The van der Waals surface area contributed by atoms with Crippen LogP contribution in [0.15, 0.2) is 61.2 Å². The van der Waals surface area contributed by atoms with E-state index in [9.17, 15) is 9.59 Å². The molecule has 5 heteroatoms. The number of benzene rings is 2. The van der Waals surface area contributed by atoms with E-state index < -0.39 is 11.5 Å². The summed E-state index contributed by atoms with van der Waals surface area (Å²) in [4.78, 5) is 28.4. The molecule has 1 heterocycles. The Morgan fingerprint density at radius 1 is 1.19 bits per heavy atom. The standard InChI is InChI=1S/C26H29Cl2NO2/c1-5-14-26(4)16-22(19-8-7-9-21(28)15-19)24(18-10-12-20(27)13-11-18)29(25(26)31)23(6-2)17(3)30/h5,7-13,15,22-24H,1,6,14,16H2,2-4H3/t22?,23-,24?,26?/m0/s1. The fraction of sp³-hybridized carbons (Fsp3) is 0.385. The molecule has 3 nitrogen and oxygen atoms in total. The lowest BCUT2D eigenvalue weighted by molar-refractivity contribution is -0.157. The summed E-state index contributed by atoms with van der Waals surface area (Å²) < 4.78 is 0. The van der Waals surface area contributed by atoms with E-state index in [0.717, 1.165) is 11.1 Å². The Morgan fingerprint density at radius 2 is 1.87 bits per heavy atom. The van der Waals surface area contributed by atoms with Crippen LogP contribution in [0, 0.1) is 5.41 Å². The molecule has 0 saturated carbocycles. The van der Waals surface area contributed by atoms with Crippen molar-refractivity contribution in [2.75, 3.05) is 0 Å². The van der Waals surface area contributed by atoms with Gasteiger partial charge in [0, 0.05) is 16.0 Å². The fourth-order valence-corrected chi connectivity index (χ4v) is 5.24. The van der Waals surface area contributed by atoms with Crippen molar-refractivity contribution in [2.24, 2.45) is 5.41 Å². The molecular formula is C26H29Cl2NO2. The first-order chi connectivity index (χ1) is 14.7. The fourth-order valence-electron chi connectivity index (χ4n) is 4.91. The van der Waals surface area contributed by atoms with Crippen molar-refractivity contribution in [1.82, 2.24) is 4.90 Å². The van der Waals surface area contributed by atoms with E-state index in [0.29, 0.717) is 29.3 Å². The third kappa shape index (κ3) is 4.73. The summed E-state index contributed by atoms with van der Waals surface area (Å²) in [5, 5.41) is 1.28. The molecule has 3 rings (SSSR count). The normalized spacial score (nSPS) is 24.7. The van der Waals surface area contributed by atoms with Crippen LogP contribution in [0.2, 0.25) is 10.0 Å². The molecule has 164 valence electrons. The van der Waals surface area contributed by atoms with E-state index in [4.69, 9.17) is 23.2 Å². The predicted octanol–water partition coefficient (Wildman–Crippen LogP) is 7.00. The third-order valence-electron chi connectivity index (χ3n) is 6.38. The Bertz CT molecular complexity index is 972. The van der Waals surface area contributed by atoms with Gasteiger partial charge in [-0.2, -0.15) is 0 Å². The number of allylic oxidation sites excluding steroid dienone is 1. The van der Waals surface area contributed by atoms with Gasteiger partial charge in [0.15, 0.2) is 5.78 Å². The number of ketones is 1. The van der Waals surface area contributed by atoms with E-state index >= 15 is 0 Å². The molecular weight excluding hydrogens is 429 g/mol. The minimum Gasteiger partial charge on any atom is -0.325 e. The number of carbonyl (C=O) groups excluding carboxylic acids is 2. The summed E-state index contributed by atoms with van der Waals surface area (Å²) in [6.45, 7) is 9.38. The SMILES string of the molecule is C=CCC1(C)CC(c2cccc(Cl)c2)C(c2ccc(Cl)cc2)N([C@@H](CC)C(C)=O)C1=O. The highest BCUT2D eigenvalue weighted by molar-refractivity contribution is 6.30. The second kappa shape index (κ2) is 9.58. The highest BCUT2D eigenvalue weighted by Gasteiger charge is 2.51. The van der Waals surface area contributed by atoms with Crippen LogP contribution >= 0.6 is 23.2 Å². The maximum Gasteiger partial charge on any atom is 0.229 e. The van der Waals surface area contributed by atoms with Gasteiger partial charge in [-0.1, -0.05) is 67.4 Å². The number of likely N-dealkylation sites (tertiary alicyclic amines) is 1. The monoisotopic (exact) mass is 457 g/mol. The van der Waals surface area contributed by atoms with Crippen LogP contribution in [0.1, 0.15) is 63.1 Å². The van der Waals surface area contributed by atoms with Gasteiger partial charge in [0.25, 0.3) is 0 Å². The lowest BCUT2D eigenvalue weighted by atomic mass is 9.67. The van der Waals surface area contributed by atoms with Gasteiger partial charge in [-0.3, -0.25) is 9.59 Å². The van der Waals surface area contributed by atoms with Gasteiger partial charge < -0.3 is 4.90 Å². The minimum absolute atomic E-state index is 0.00678. The second-order valence-electron chi connectivity index (χ2n) is 8.66. The van der Waals surface area contributed by atoms with E-state index in [1.807, 2.05) is 61.2 Å². The number of Topliss-reactive ketones (excluding diaryl/α,β-unsaturated/α-hetero) is 1. The zero-order valence-electron chi connectivity index (χ0n) is 18.3. The molecule has 31 heavy (non-hydrogen) atoms. The number of hydrogen-bond donors (Lipinski definition) is 0. The van der Waals surface area contributed by atoms with Gasteiger partial charge >= 0.3 is 0 Å². The molecule has 0 radical (unpaired) electrons. The van der Waals surface area contributed by atoms with Crippen LogP contribution in [-0.2, 0) is 9.59 Å². The minimum atomic E-state index is -0.652. The van der Waals surface area contributed by atoms with Crippen molar-refractivity contribution in [2.45, 2.75) is 58.0 Å². The largest absolute Gasteiger partial charge is 0.325 e.